The second-order valence-corrected chi connectivity index (χ2v) is 9.33. The molecule has 0 aliphatic heterocycles. The van der Waals surface area contributed by atoms with Gasteiger partial charge in [0.1, 0.15) is 36.9 Å². The molecule has 8 nitrogen and oxygen atoms in total. The number of rotatable bonds is 14. The molecule has 0 aliphatic carbocycles. The smallest absolute Gasteiger partial charge is 0.547 e. The van der Waals surface area contributed by atoms with Crippen LogP contribution in [0.5, 0.6) is 11.5 Å². The molecule has 2 unspecified atom stereocenters. The minimum absolute atomic E-state index is 0. The number of hydrogen-bond donors (Lipinski definition) is 0. The molecule has 43 heavy (non-hydrogen) atoms. The molecule has 0 saturated carbocycles. The van der Waals surface area contributed by atoms with E-state index in [4.69, 9.17) is 18.9 Å². The van der Waals surface area contributed by atoms with Gasteiger partial charge in [0.25, 0.3) is 0 Å². The van der Waals surface area contributed by atoms with Crippen LogP contribution in [0.2, 0.25) is 0 Å². The van der Waals surface area contributed by atoms with Gasteiger partial charge in [0.15, 0.2) is 0 Å². The summed E-state index contributed by atoms with van der Waals surface area (Å²) in [5.74, 6) is -0.932. The van der Waals surface area contributed by atoms with E-state index < -0.39 is 24.1 Å². The second kappa shape index (κ2) is 19.9. The molecular formula is C34H34O8Sr. The van der Waals surface area contributed by atoms with Crippen LogP contribution in [0.1, 0.15) is 22.3 Å². The Hall–Kier alpha value is -3.18. The number of aliphatic carboxylic acids is 2. The van der Waals surface area contributed by atoms with Crippen LogP contribution >= 0.6 is 0 Å². The zero-order chi connectivity index (χ0) is 30.2. The third-order valence-corrected chi connectivity index (χ3v) is 6.28. The number of ether oxygens (including phenoxy) is 4. The number of carbonyl (C=O) groups excluding carboxylic acids is 2. The van der Waals surface area contributed by atoms with Crippen LogP contribution in [0.25, 0.3) is 0 Å². The summed E-state index contributed by atoms with van der Waals surface area (Å²) in [5, 5.41) is 21.6. The molecule has 0 bridgehead atoms. The Morgan fingerprint density at radius 3 is 1.14 bits per heavy atom. The van der Waals surface area contributed by atoms with Gasteiger partial charge >= 0.3 is 45.5 Å². The van der Waals surface area contributed by atoms with Crippen LogP contribution in [0.3, 0.4) is 0 Å². The predicted octanol–water partition coefficient (Wildman–Crippen LogP) is 2.77. The molecular weight excluding hydrogens is 624 g/mol. The summed E-state index contributed by atoms with van der Waals surface area (Å²) in [5.41, 5.74) is 3.91. The third kappa shape index (κ3) is 13.3. The average Bonchev–Trinajstić information content (AvgIpc) is 3.02. The van der Waals surface area contributed by atoms with Gasteiger partial charge in [0.05, 0.1) is 11.9 Å². The maximum atomic E-state index is 10.8. The van der Waals surface area contributed by atoms with E-state index in [1.165, 1.54) is 14.2 Å². The molecule has 220 valence electrons. The summed E-state index contributed by atoms with van der Waals surface area (Å²) in [6, 6.07) is 34.4. The molecule has 4 aromatic carbocycles. The van der Waals surface area contributed by atoms with Crippen molar-refractivity contribution in [2.45, 2.75) is 38.3 Å². The molecule has 0 amide bonds. The fraction of sp³-hybridized carbons (Fsp3) is 0.235. The van der Waals surface area contributed by atoms with E-state index >= 15 is 0 Å². The largest absolute Gasteiger partial charge is 2.00 e. The molecule has 4 aromatic rings. The summed E-state index contributed by atoms with van der Waals surface area (Å²) < 4.78 is 21.0. The number of carboxylic acids is 2. The Kier molecular flexibility index (Phi) is 16.7. The predicted molar refractivity (Wildman–Crippen MR) is 159 cm³/mol. The van der Waals surface area contributed by atoms with E-state index in [1.807, 2.05) is 109 Å². The SMILES string of the molecule is COC(Cc1ccc(OCc2ccccc2)cc1)C(=O)[O-].COC(Cc1ccc(OCc2ccccc2)cc1)C(=O)[O-].[Sr+2]. The van der Waals surface area contributed by atoms with Gasteiger partial charge in [-0.25, -0.2) is 0 Å². The van der Waals surface area contributed by atoms with Crippen LogP contribution in [0.15, 0.2) is 109 Å². The first-order valence-electron chi connectivity index (χ1n) is 13.4. The van der Waals surface area contributed by atoms with Crippen molar-refractivity contribution < 1.29 is 38.7 Å². The summed E-state index contributed by atoms with van der Waals surface area (Å²) in [4.78, 5) is 21.6. The van der Waals surface area contributed by atoms with Gasteiger partial charge in [0, 0.05) is 27.1 Å². The number of methoxy groups -OCH3 is 2. The monoisotopic (exact) mass is 658 g/mol. The van der Waals surface area contributed by atoms with E-state index in [-0.39, 0.29) is 58.3 Å². The standard InChI is InChI=1S/2C17H18O4.Sr/c2*1-20-16(17(18)19)11-13-7-9-15(10-8-13)21-12-14-5-3-2-4-6-14;/h2*2-10,16H,11-12H2,1H3,(H,18,19);/q;;+2/p-2. The molecule has 0 radical (unpaired) electrons. The first-order chi connectivity index (χ1) is 20.4. The van der Waals surface area contributed by atoms with Gasteiger partial charge in [-0.3, -0.25) is 0 Å². The number of carbonyl (C=O) groups is 2. The molecule has 4 rings (SSSR count). The fourth-order valence-electron chi connectivity index (χ4n) is 3.88. The number of benzene rings is 4. The van der Waals surface area contributed by atoms with Gasteiger partial charge in [-0.1, -0.05) is 84.9 Å². The van der Waals surface area contributed by atoms with Crippen LogP contribution in [0, 0.1) is 0 Å². The number of carboxylic acid groups (broad SMARTS) is 2. The topological polar surface area (TPSA) is 117 Å². The zero-order valence-electron chi connectivity index (χ0n) is 24.3. The van der Waals surface area contributed by atoms with Gasteiger partial charge < -0.3 is 38.7 Å². The van der Waals surface area contributed by atoms with E-state index in [2.05, 4.69) is 0 Å². The van der Waals surface area contributed by atoms with E-state index in [0.29, 0.717) is 13.2 Å². The third-order valence-electron chi connectivity index (χ3n) is 6.28. The molecule has 9 heteroatoms. The normalized spacial score (nSPS) is 11.6. The maximum Gasteiger partial charge on any atom is 2.00 e. The minimum Gasteiger partial charge on any atom is -0.547 e. The average molecular weight is 658 g/mol. The first kappa shape index (κ1) is 36.0. The molecule has 2 atom stereocenters. The van der Waals surface area contributed by atoms with Crippen molar-refractivity contribution in [3.63, 3.8) is 0 Å². The van der Waals surface area contributed by atoms with Crippen molar-refractivity contribution >= 4 is 57.4 Å². The molecule has 0 spiro atoms. The molecule has 0 aromatic heterocycles. The maximum absolute atomic E-state index is 10.8. The summed E-state index contributed by atoms with van der Waals surface area (Å²) in [6.07, 6.45) is -1.31. The van der Waals surface area contributed by atoms with Crippen LogP contribution in [-0.2, 0) is 45.1 Å². The Balaban J connectivity index is 0.000000293. The quantitative estimate of drug-likeness (QED) is 0.190. The molecule has 0 fully saturated rings. The van der Waals surface area contributed by atoms with Gasteiger partial charge in [-0.2, -0.15) is 0 Å². The van der Waals surface area contributed by atoms with Gasteiger partial charge in [-0.05, 0) is 46.5 Å². The zero-order valence-corrected chi connectivity index (χ0v) is 27.8. The minimum atomic E-state index is -1.21. The molecule has 0 saturated heterocycles. The van der Waals surface area contributed by atoms with Crippen molar-refractivity contribution in [3.8, 4) is 11.5 Å². The van der Waals surface area contributed by atoms with Crippen LogP contribution < -0.4 is 19.7 Å². The van der Waals surface area contributed by atoms with Crippen molar-refractivity contribution in [3.05, 3.63) is 131 Å². The van der Waals surface area contributed by atoms with Crippen molar-refractivity contribution in [2.24, 2.45) is 0 Å². The Labute approximate surface area is 289 Å². The van der Waals surface area contributed by atoms with Crippen LogP contribution in [0.4, 0.5) is 0 Å². The Morgan fingerprint density at radius 2 is 0.860 bits per heavy atom. The number of hydrogen-bond acceptors (Lipinski definition) is 8. The van der Waals surface area contributed by atoms with Crippen molar-refractivity contribution in [1.29, 1.82) is 0 Å². The van der Waals surface area contributed by atoms with Crippen LogP contribution in [-0.4, -0.2) is 83.8 Å². The van der Waals surface area contributed by atoms with Crippen molar-refractivity contribution in [2.75, 3.05) is 14.2 Å². The fourth-order valence-corrected chi connectivity index (χ4v) is 3.88. The first-order valence-corrected chi connectivity index (χ1v) is 13.4. The molecule has 0 heterocycles. The summed E-state index contributed by atoms with van der Waals surface area (Å²) >= 11 is 0. The second-order valence-electron chi connectivity index (χ2n) is 9.33. The Morgan fingerprint density at radius 1 is 0.535 bits per heavy atom. The van der Waals surface area contributed by atoms with Crippen molar-refractivity contribution in [1.82, 2.24) is 0 Å². The van der Waals surface area contributed by atoms with E-state index in [9.17, 15) is 19.8 Å². The van der Waals surface area contributed by atoms with E-state index in [1.54, 1.807) is 0 Å². The van der Waals surface area contributed by atoms with Gasteiger partial charge in [-0.15, -0.1) is 0 Å². The summed E-state index contributed by atoms with van der Waals surface area (Å²) in [6.45, 7) is 1.000. The molecule has 0 aliphatic rings. The van der Waals surface area contributed by atoms with Gasteiger partial charge in [0.2, 0.25) is 0 Å². The van der Waals surface area contributed by atoms with E-state index in [0.717, 1.165) is 33.8 Å². The Bertz CT molecular complexity index is 1240. The summed E-state index contributed by atoms with van der Waals surface area (Å²) in [7, 11) is 2.72. The molecule has 0 N–H and O–H groups in total.